The topological polar surface area (TPSA) is 127 Å². The van der Waals surface area contributed by atoms with Crippen molar-refractivity contribution in [2.24, 2.45) is 0 Å². The standard InChI is InChI=1S/C18H26F3N7O3/c1-5-12(25-16(29)31-17(2,3)4)9-30-10-14-26-13(27-28-14)8-24-15-22-6-11(7-23-15)18(19,20)21/h6-7,12H,5,8-10H2,1-4H3,(H,25,29)(H,22,23,24)(H,26,27,28)/t12-/m0/s1. The number of hydrogen-bond donors (Lipinski definition) is 3. The number of halogens is 3. The molecule has 0 bridgehead atoms. The van der Waals surface area contributed by atoms with E-state index in [1.165, 1.54) is 0 Å². The average molecular weight is 445 g/mol. The lowest BCUT2D eigenvalue weighted by molar-refractivity contribution is -0.138. The van der Waals surface area contributed by atoms with Gasteiger partial charge in [-0.1, -0.05) is 6.92 Å². The highest BCUT2D eigenvalue weighted by Gasteiger charge is 2.31. The number of rotatable bonds is 9. The van der Waals surface area contributed by atoms with Gasteiger partial charge in [0.2, 0.25) is 5.95 Å². The Balaban J connectivity index is 1.75. The van der Waals surface area contributed by atoms with Gasteiger partial charge in [-0.25, -0.2) is 19.7 Å². The van der Waals surface area contributed by atoms with Gasteiger partial charge in [-0.2, -0.15) is 18.3 Å². The Kier molecular flexibility index (Phi) is 8.14. The van der Waals surface area contributed by atoms with E-state index in [9.17, 15) is 18.0 Å². The predicted molar refractivity (Wildman–Crippen MR) is 104 cm³/mol. The summed E-state index contributed by atoms with van der Waals surface area (Å²) < 4.78 is 48.3. The maximum Gasteiger partial charge on any atom is 0.419 e. The van der Waals surface area contributed by atoms with E-state index in [-0.39, 0.29) is 31.7 Å². The molecule has 2 rings (SSSR count). The Hall–Kier alpha value is -2.96. The molecule has 0 aliphatic heterocycles. The van der Waals surface area contributed by atoms with Gasteiger partial charge in [0.15, 0.2) is 5.82 Å². The number of anilines is 1. The molecule has 0 unspecified atom stereocenters. The summed E-state index contributed by atoms with van der Waals surface area (Å²) in [7, 11) is 0. The fourth-order valence-electron chi connectivity index (χ4n) is 2.24. The van der Waals surface area contributed by atoms with E-state index in [4.69, 9.17) is 9.47 Å². The first-order chi connectivity index (χ1) is 14.5. The van der Waals surface area contributed by atoms with Crippen LogP contribution in [0.15, 0.2) is 12.4 Å². The molecular formula is C18H26F3N7O3. The summed E-state index contributed by atoms with van der Waals surface area (Å²) in [5.74, 6) is 0.847. The number of ether oxygens (including phenoxy) is 2. The lowest BCUT2D eigenvalue weighted by atomic mass is 10.2. The smallest absolute Gasteiger partial charge is 0.419 e. The van der Waals surface area contributed by atoms with Gasteiger partial charge >= 0.3 is 12.3 Å². The molecule has 0 aromatic carbocycles. The molecule has 1 atom stereocenters. The molecule has 172 valence electrons. The number of alkyl halides is 3. The predicted octanol–water partition coefficient (Wildman–Crippen LogP) is 3.05. The van der Waals surface area contributed by atoms with Crippen molar-refractivity contribution in [2.75, 3.05) is 11.9 Å². The first kappa shape index (κ1) is 24.3. The number of aromatic amines is 1. The number of carbonyl (C=O) groups is 1. The summed E-state index contributed by atoms with van der Waals surface area (Å²) in [5, 5.41) is 12.2. The number of carbonyl (C=O) groups excluding carboxylic acids is 1. The molecule has 0 radical (unpaired) electrons. The second-order valence-corrected chi connectivity index (χ2v) is 7.61. The Morgan fingerprint density at radius 1 is 1.23 bits per heavy atom. The molecular weight excluding hydrogens is 419 g/mol. The van der Waals surface area contributed by atoms with Gasteiger partial charge in [0.1, 0.15) is 18.0 Å². The van der Waals surface area contributed by atoms with E-state index >= 15 is 0 Å². The zero-order chi connectivity index (χ0) is 23.1. The van der Waals surface area contributed by atoms with Crippen LogP contribution in [0.2, 0.25) is 0 Å². The van der Waals surface area contributed by atoms with Crippen molar-refractivity contribution < 1.29 is 27.4 Å². The Labute approximate surface area is 177 Å². The summed E-state index contributed by atoms with van der Waals surface area (Å²) in [6.45, 7) is 7.74. The summed E-state index contributed by atoms with van der Waals surface area (Å²) in [5.41, 5.74) is -1.51. The third kappa shape index (κ3) is 8.74. The molecule has 3 N–H and O–H groups in total. The summed E-state index contributed by atoms with van der Waals surface area (Å²) in [4.78, 5) is 23.3. The van der Waals surface area contributed by atoms with Crippen LogP contribution in [0.1, 0.15) is 51.3 Å². The van der Waals surface area contributed by atoms with Crippen molar-refractivity contribution in [1.29, 1.82) is 0 Å². The van der Waals surface area contributed by atoms with Crippen molar-refractivity contribution in [2.45, 2.75) is 65.1 Å². The van der Waals surface area contributed by atoms with Crippen LogP contribution in [-0.4, -0.2) is 49.5 Å². The van der Waals surface area contributed by atoms with E-state index in [0.717, 1.165) is 0 Å². The maximum absolute atomic E-state index is 12.5. The van der Waals surface area contributed by atoms with Crippen LogP contribution in [0.4, 0.5) is 23.9 Å². The van der Waals surface area contributed by atoms with Crippen molar-refractivity contribution in [1.82, 2.24) is 30.5 Å². The van der Waals surface area contributed by atoms with Gasteiger partial charge in [0, 0.05) is 12.4 Å². The molecule has 13 heteroatoms. The minimum Gasteiger partial charge on any atom is -0.444 e. The van der Waals surface area contributed by atoms with Gasteiger partial charge < -0.3 is 20.1 Å². The molecule has 31 heavy (non-hydrogen) atoms. The zero-order valence-corrected chi connectivity index (χ0v) is 17.7. The van der Waals surface area contributed by atoms with Crippen molar-refractivity contribution in [3.8, 4) is 0 Å². The number of nitrogens with zero attached hydrogens (tertiary/aromatic N) is 4. The van der Waals surface area contributed by atoms with Crippen LogP contribution in [0.5, 0.6) is 0 Å². The SMILES string of the molecule is CC[C@@H](COCc1n[nH]c(CNc2ncc(C(F)(F)F)cn2)n1)NC(=O)OC(C)(C)C. The molecule has 1 amide bonds. The highest BCUT2D eigenvalue weighted by Crippen LogP contribution is 2.28. The number of amides is 1. The van der Waals surface area contributed by atoms with Crippen LogP contribution in [0.25, 0.3) is 0 Å². The average Bonchev–Trinajstić information content (AvgIpc) is 3.11. The fraction of sp³-hybridized carbons (Fsp3) is 0.611. The van der Waals surface area contributed by atoms with Gasteiger partial charge in [-0.05, 0) is 27.2 Å². The summed E-state index contributed by atoms with van der Waals surface area (Å²) in [6, 6.07) is -0.230. The lowest BCUT2D eigenvalue weighted by Crippen LogP contribution is -2.41. The lowest BCUT2D eigenvalue weighted by Gasteiger charge is -2.22. The normalized spacial score (nSPS) is 13.0. The van der Waals surface area contributed by atoms with Crippen molar-refractivity contribution in [3.05, 3.63) is 29.6 Å². The molecule has 0 aliphatic carbocycles. The zero-order valence-electron chi connectivity index (χ0n) is 17.7. The molecule has 0 saturated heterocycles. The maximum atomic E-state index is 12.5. The first-order valence-electron chi connectivity index (χ1n) is 9.56. The molecule has 10 nitrogen and oxygen atoms in total. The monoisotopic (exact) mass is 445 g/mol. The highest BCUT2D eigenvalue weighted by atomic mass is 19.4. The van der Waals surface area contributed by atoms with E-state index in [2.05, 4.69) is 35.8 Å². The molecule has 0 aliphatic rings. The summed E-state index contributed by atoms with van der Waals surface area (Å²) in [6.07, 6.45) is -2.96. The van der Waals surface area contributed by atoms with Gasteiger partial charge in [-0.15, -0.1) is 0 Å². The number of nitrogens with one attached hydrogen (secondary N) is 3. The minimum absolute atomic E-state index is 0.0289. The summed E-state index contributed by atoms with van der Waals surface area (Å²) >= 11 is 0. The molecule has 0 spiro atoms. The van der Waals surface area contributed by atoms with Crippen LogP contribution >= 0.6 is 0 Å². The van der Waals surface area contributed by atoms with E-state index in [1.54, 1.807) is 20.8 Å². The third-order valence-electron chi connectivity index (χ3n) is 3.74. The first-order valence-corrected chi connectivity index (χ1v) is 9.56. The van der Waals surface area contributed by atoms with Gasteiger partial charge in [0.05, 0.1) is 24.8 Å². The number of alkyl carbamates (subject to hydrolysis) is 1. The molecule has 0 saturated carbocycles. The molecule has 2 aromatic heterocycles. The van der Waals surface area contributed by atoms with Gasteiger partial charge in [-0.3, -0.25) is 5.10 Å². The van der Waals surface area contributed by atoms with Crippen molar-refractivity contribution in [3.63, 3.8) is 0 Å². The minimum atomic E-state index is -4.49. The van der Waals surface area contributed by atoms with Crippen LogP contribution in [-0.2, 0) is 28.8 Å². The van der Waals surface area contributed by atoms with Crippen molar-refractivity contribution >= 4 is 12.0 Å². The highest BCUT2D eigenvalue weighted by molar-refractivity contribution is 5.68. The molecule has 2 aromatic rings. The molecule has 0 fully saturated rings. The van der Waals surface area contributed by atoms with Crippen LogP contribution in [0.3, 0.4) is 0 Å². The Morgan fingerprint density at radius 2 is 1.90 bits per heavy atom. The second-order valence-electron chi connectivity index (χ2n) is 7.61. The largest absolute Gasteiger partial charge is 0.444 e. The Bertz CT molecular complexity index is 835. The van der Waals surface area contributed by atoms with Crippen LogP contribution < -0.4 is 10.6 Å². The fourth-order valence-corrected chi connectivity index (χ4v) is 2.24. The Morgan fingerprint density at radius 3 is 2.48 bits per heavy atom. The number of H-pyrrole nitrogens is 1. The second kappa shape index (κ2) is 10.4. The van der Waals surface area contributed by atoms with Gasteiger partial charge in [0.25, 0.3) is 0 Å². The third-order valence-corrected chi connectivity index (χ3v) is 3.74. The van der Waals surface area contributed by atoms with E-state index < -0.39 is 23.4 Å². The van der Waals surface area contributed by atoms with Crippen LogP contribution in [0, 0.1) is 0 Å². The van der Waals surface area contributed by atoms with E-state index in [0.29, 0.717) is 30.5 Å². The number of hydrogen-bond acceptors (Lipinski definition) is 8. The number of aromatic nitrogens is 5. The quantitative estimate of drug-likeness (QED) is 0.538. The van der Waals surface area contributed by atoms with E-state index in [1.807, 2.05) is 6.92 Å². The molecule has 2 heterocycles.